The maximum absolute atomic E-state index is 8.86. The summed E-state index contributed by atoms with van der Waals surface area (Å²) in [6, 6.07) is 8.07. The Morgan fingerprint density at radius 3 is 2.36 bits per heavy atom. The predicted octanol–water partition coefficient (Wildman–Crippen LogP) is 2.99. The zero-order valence-electron chi connectivity index (χ0n) is 8.49. The lowest BCUT2D eigenvalue weighted by Gasteiger charge is -2.02. The molecule has 1 aromatic carbocycles. The molecule has 0 aliphatic heterocycles. The van der Waals surface area contributed by atoms with Crippen LogP contribution in [0.4, 0.5) is 0 Å². The topological polar surface area (TPSA) is 20.2 Å². The molecule has 0 aromatic heterocycles. The quantitative estimate of drug-likeness (QED) is 0.751. The van der Waals surface area contributed by atoms with Crippen molar-refractivity contribution in [3.8, 4) is 0 Å². The zero-order valence-corrected chi connectivity index (χ0v) is 9.31. The Labute approximate surface area is 89.8 Å². The molecule has 2 heteroatoms. The highest BCUT2D eigenvalue weighted by Crippen LogP contribution is 2.15. The maximum atomic E-state index is 8.86. The molecule has 1 nitrogen and oxygen atoms in total. The molecule has 1 aromatic rings. The fraction of sp³-hybridized carbons (Fsp3) is 0.333. The third kappa shape index (κ3) is 3.99. The van der Waals surface area contributed by atoms with Crippen molar-refractivity contribution < 1.29 is 5.11 Å². The van der Waals surface area contributed by atoms with Crippen LogP contribution < -0.4 is 0 Å². The summed E-state index contributed by atoms with van der Waals surface area (Å²) in [5, 5.41) is 8.86. The fourth-order valence-corrected chi connectivity index (χ4v) is 1.96. The molecular formula is C12H16OS. The van der Waals surface area contributed by atoms with E-state index in [2.05, 4.69) is 18.7 Å². The van der Waals surface area contributed by atoms with Gasteiger partial charge in [0.25, 0.3) is 0 Å². The second kappa shape index (κ2) is 5.89. The predicted molar refractivity (Wildman–Crippen MR) is 63.3 cm³/mol. The Morgan fingerprint density at radius 1 is 1.29 bits per heavy atom. The maximum Gasteiger partial charge on any atom is 0.0681 e. The van der Waals surface area contributed by atoms with Gasteiger partial charge in [0.15, 0.2) is 0 Å². The van der Waals surface area contributed by atoms with Crippen molar-refractivity contribution >= 4 is 11.8 Å². The smallest absolute Gasteiger partial charge is 0.0681 e. The Morgan fingerprint density at radius 2 is 1.86 bits per heavy atom. The summed E-state index contributed by atoms with van der Waals surface area (Å²) < 4.78 is 0. The lowest BCUT2D eigenvalue weighted by atomic mass is 10.2. The summed E-state index contributed by atoms with van der Waals surface area (Å²) in [6.45, 7) is 6.03. The van der Waals surface area contributed by atoms with E-state index in [1.54, 1.807) is 0 Å². The van der Waals surface area contributed by atoms with Gasteiger partial charge in [-0.3, -0.25) is 0 Å². The molecule has 0 saturated heterocycles. The largest absolute Gasteiger partial charge is 0.392 e. The molecule has 14 heavy (non-hydrogen) atoms. The first-order valence-electron chi connectivity index (χ1n) is 4.63. The van der Waals surface area contributed by atoms with Crippen LogP contribution >= 0.6 is 11.8 Å². The minimum absolute atomic E-state index is 0.124. The third-order valence-corrected chi connectivity index (χ3v) is 3.06. The van der Waals surface area contributed by atoms with Crippen LogP contribution in [-0.4, -0.2) is 10.9 Å². The van der Waals surface area contributed by atoms with E-state index in [-0.39, 0.29) is 6.61 Å². The van der Waals surface area contributed by atoms with Gasteiger partial charge in [0.05, 0.1) is 6.61 Å². The Balaban J connectivity index is 2.40. The first kappa shape index (κ1) is 11.3. The summed E-state index contributed by atoms with van der Waals surface area (Å²) in [4.78, 5) is 0. The standard InChI is InChI=1S/C12H16OS/c1-10(2)8-14-9-12-5-3-11(7-13)4-6-12/h3-6,13H,1,7-9H2,2H3. The first-order chi connectivity index (χ1) is 6.72. The highest BCUT2D eigenvalue weighted by Gasteiger charge is 1.94. The Kier molecular flexibility index (Phi) is 4.77. The molecule has 0 bridgehead atoms. The number of rotatable bonds is 5. The molecular weight excluding hydrogens is 192 g/mol. The van der Waals surface area contributed by atoms with Crippen LogP contribution in [0.1, 0.15) is 18.1 Å². The molecule has 0 aliphatic carbocycles. The van der Waals surface area contributed by atoms with Gasteiger partial charge in [-0.1, -0.05) is 36.4 Å². The highest BCUT2D eigenvalue weighted by atomic mass is 32.2. The van der Waals surface area contributed by atoms with Gasteiger partial charge in [0.2, 0.25) is 0 Å². The molecule has 0 radical (unpaired) electrons. The molecule has 0 fully saturated rings. The average molecular weight is 208 g/mol. The van der Waals surface area contributed by atoms with Gasteiger partial charge >= 0.3 is 0 Å². The van der Waals surface area contributed by atoms with E-state index in [0.29, 0.717) is 0 Å². The van der Waals surface area contributed by atoms with E-state index in [0.717, 1.165) is 17.1 Å². The van der Waals surface area contributed by atoms with Crippen LogP contribution in [-0.2, 0) is 12.4 Å². The van der Waals surface area contributed by atoms with Crippen LogP contribution in [0.25, 0.3) is 0 Å². The normalized spacial score (nSPS) is 10.1. The Bertz CT molecular complexity index is 290. The molecule has 76 valence electrons. The van der Waals surface area contributed by atoms with Gasteiger partial charge in [0.1, 0.15) is 0 Å². The van der Waals surface area contributed by atoms with Crippen molar-refractivity contribution in [2.75, 3.05) is 5.75 Å². The zero-order chi connectivity index (χ0) is 10.4. The average Bonchev–Trinajstić information content (AvgIpc) is 2.18. The van der Waals surface area contributed by atoms with Crippen molar-refractivity contribution in [3.63, 3.8) is 0 Å². The lowest BCUT2D eigenvalue weighted by molar-refractivity contribution is 0.282. The SMILES string of the molecule is C=C(C)CSCc1ccc(CO)cc1. The number of benzene rings is 1. The molecule has 0 heterocycles. The van der Waals surface area contributed by atoms with E-state index >= 15 is 0 Å². The summed E-state index contributed by atoms with van der Waals surface area (Å²) >= 11 is 1.87. The second-order valence-corrected chi connectivity index (χ2v) is 4.41. The molecule has 0 unspecified atom stereocenters. The van der Waals surface area contributed by atoms with Crippen molar-refractivity contribution in [2.24, 2.45) is 0 Å². The minimum Gasteiger partial charge on any atom is -0.392 e. The van der Waals surface area contributed by atoms with E-state index in [1.807, 2.05) is 30.8 Å². The summed E-state index contributed by atoms with van der Waals surface area (Å²) in [7, 11) is 0. The summed E-state index contributed by atoms with van der Waals surface area (Å²) in [6.07, 6.45) is 0. The first-order valence-corrected chi connectivity index (χ1v) is 5.78. The molecule has 1 rings (SSSR count). The van der Waals surface area contributed by atoms with Gasteiger partial charge in [-0.2, -0.15) is 11.8 Å². The number of hydrogen-bond donors (Lipinski definition) is 1. The van der Waals surface area contributed by atoms with E-state index in [4.69, 9.17) is 5.11 Å². The van der Waals surface area contributed by atoms with Gasteiger partial charge < -0.3 is 5.11 Å². The monoisotopic (exact) mass is 208 g/mol. The van der Waals surface area contributed by atoms with Crippen molar-refractivity contribution in [1.29, 1.82) is 0 Å². The van der Waals surface area contributed by atoms with Crippen molar-refractivity contribution in [2.45, 2.75) is 19.3 Å². The highest BCUT2D eigenvalue weighted by molar-refractivity contribution is 7.98. The number of thioether (sulfide) groups is 1. The summed E-state index contributed by atoms with van der Waals surface area (Å²) in [5.41, 5.74) is 3.48. The summed E-state index contributed by atoms with van der Waals surface area (Å²) in [5.74, 6) is 2.03. The number of hydrogen-bond acceptors (Lipinski definition) is 2. The molecule has 0 spiro atoms. The lowest BCUT2D eigenvalue weighted by Crippen LogP contribution is -1.86. The fourth-order valence-electron chi connectivity index (χ4n) is 1.08. The number of aliphatic hydroxyl groups is 1. The minimum atomic E-state index is 0.124. The molecule has 0 amide bonds. The van der Waals surface area contributed by atoms with Gasteiger partial charge in [-0.25, -0.2) is 0 Å². The molecule has 1 N–H and O–H groups in total. The third-order valence-electron chi connectivity index (χ3n) is 1.82. The van der Waals surface area contributed by atoms with Gasteiger partial charge in [-0.05, 0) is 18.1 Å². The van der Waals surface area contributed by atoms with Crippen molar-refractivity contribution in [3.05, 3.63) is 47.5 Å². The van der Waals surface area contributed by atoms with E-state index in [1.165, 1.54) is 11.1 Å². The van der Waals surface area contributed by atoms with Crippen LogP contribution in [0.3, 0.4) is 0 Å². The second-order valence-electron chi connectivity index (χ2n) is 3.42. The van der Waals surface area contributed by atoms with Crippen LogP contribution in [0, 0.1) is 0 Å². The van der Waals surface area contributed by atoms with Gasteiger partial charge in [-0.15, -0.1) is 0 Å². The molecule has 0 saturated carbocycles. The van der Waals surface area contributed by atoms with E-state index < -0.39 is 0 Å². The van der Waals surface area contributed by atoms with Crippen LogP contribution in [0.5, 0.6) is 0 Å². The molecule has 0 atom stereocenters. The number of aliphatic hydroxyl groups excluding tert-OH is 1. The van der Waals surface area contributed by atoms with E-state index in [9.17, 15) is 0 Å². The van der Waals surface area contributed by atoms with Crippen LogP contribution in [0.2, 0.25) is 0 Å². The van der Waals surface area contributed by atoms with Gasteiger partial charge in [0, 0.05) is 11.5 Å². The van der Waals surface area contributed by atoms with Crippen molar-refractivity contribution in [1.82, 2.24) is 0 Å². The van der Waals surface area contributed by atoms with Crippen LogP contribution in [0.15, 0.2) is 36.4 Å². The Hall–Kier alpha value is -0.730. The molecule has 0 aliphatic rings.